The number of fused-ring (bicyclic) bond motifs is 4. The smallest absolute Gasteiger partial charge is 0.278 e. The largest absolute Gasteiger partial charge is 0.497 e. The van der Waals surface area contributed by atoms with Crippen molar-refractivity contribution in [2.24, 2.45) is 7.05 Å². The standard InChI is InChI=1S/C20H17N3O4/c1-22-15-5-4-13(25-2)8-14(15)18-19(22)20(24)23(10-21-18)9-12-3-6-16-17(7-12)27-11-26-16/h3-8,10H,9,11H2,1-2H3. The molecule has 0 spiro atoms. The second-order valence-electron chi connectivity index (χ2n) is 6.50. The second kappa shape index (κ2) is 5.77. The molecule has 0 amide bonds. The van der Waals surface area contributed by atoms with Gasteiger partial charge in [-0.25, -0.2) is 4.98 Å². The van der Waals surface area contributed by atoms with E-state index in [0.717, 1.165) is 28.0 Å². The SMILES string of the molecule is COc1ccc2c(c1)c1ncn(Cc3ccc4c(c3)OCO4)c(=O)c1n2C. The highest BCUT2D eigenvalue weighted by Crippen LogP contribution is 2.33. The zero-order valence-corrected chi connectivity index (χ0v) is 14.9. The van der Waals surface area contributed by atoms with E-state index < -0.39 is 0 Å². The molecule has 136 valence electrons. The van der Waals surface area contributed by atoms with E-state index in [2.05, 4.69) is 4.98 Å². The Kier molecular flexibility index (Phi) is 3.36. The van der Waals surface area contributed by atoms with E-state index in [1.165, 1.54) is 0 Å². The van der Waals surface area contributed by atoms with Crippen LogP contribution in [0, 0.1) is 0 Å². The first-order valence-corrected chi connectivity index (χ1v) is 8.56. The molecule has 0 fully saturated rings. The number of benzene rings is 2. The Bertz CT molecular complexity index is 1260. The molecule has 2 aromatic carbocycles. The van der Waals surface area contributed by atoms with Crippen LogP contribution in [0.4, 0.5) is 0 Å². The van der Waals surface area contributed by atoms with Crippen LogP contribution in [0.1, 0.15) is 5.56 Å². The Balaban J connectivity index is 1.64. The van der Waals surface area contributed by atoms with E-state index in [4.69, 9.17) is 14.2 Å². The van der Waals surface area contributed by atoms with Gasteiger partial charge in [0.2, 0.25) is 6.79 Å². The molecule has 0 saturated carbocycles. The monoisotopic (exact) mass is 363 g/mol. The number of aryl methyl sites for hydroxylation is 1. The summed E-state index contributed by atoms with van der Waals surface area (Å²) in [5.74, 6) is 2.16. The summed E-state index contributed by atoms with van der Waals surface area (Å²) in [7, 11) is 3.50. The quantitative estimate of drug-likeness (QED) is 0.560. The van der Waals surface area contributed by atoms with Crippen molar-refractivity contribution in [3.05, 3.63) is 58.6 Å². The summed E-state index contributed by atoms with van der Waals surface area (Å²) in [6.07, 6.45) is 1.59. The molecule has 0 atom stereocenters. The third-order valence-electron chi connectivity index (χ3n) is 4.96. The van der Waals surface area contributed by atoms with Gasteiger partial charge in [0.25, 0.3) is 5.56 Å². The van der Waals surface area contributed by atoms with Gasteiger partial charge in [-0.05, 0) is 35.9 Å². The van der Waals surface area contributed by atoms with Crippen LogP contribution >= 0.6 is 0 Å². The first-order valence-electron chi connectivity index (χ1n) is 8.56. The molecular weight excluding hydrogens is 346 g/mol. The molecule has 5 rings (SSSR count). The van der Waals surface area contributed by atoms with Gasteiger partial charge in [-0.1, -0.05) is 6.07 Å². The maximum Gasteiger partial charge on any atom is 0.278 e. The van der Waals surface area contributed by atoms with E-state index in [-0.39, 0.29) is 12.4 Å². The lowest BCUT2D eigenvalue weighted by Crippen LogP contribution is -2.22. The van der Waals surface area contributed by atoms with Crippen LogP contribution < -0.4 is 19.8 Å². The average molecular weight is 363 g/mol. The Labute approximate surface area is 154 Å². The van der Waals surface area contributed by atoms with Gasteiger partial charge in [0.05, 0.1) is 25.5 Å². The summed E-state index contributed by atoms with van der Waals surface area (Å²) in [5.41, 5.74) is 3.05. The third-order valence-corrected chi connectivity index (χ3v) is 4.96. The van der Waals surface area contributed by atoms with Crippen LogP contribution in [0.5, 0.6) is 17.2 Å². The van der Waals surface area contributed by atoms with Gasteiger partial charge in [-0.2, -0.15) is 0 Å². The number of hydrogen-bond donors (Lipinski definition) is 0. The van der Waals surface area contributed by atoms with Crippen LogP contribution in [-0.2, 0) is 13.6 Å². The Morgan fingerprint density at radius 3 is 2.85 bits per heavy atom. The predicted molar refractivity (Wildman–Crippen MR) is 101 cm³/mol. The molecule has 0 radical (unpaired) electrons. The van der Waals surface area contributed by atoms with E-state index >= 15 is 0 Å². The summed E-state index contributed by atoms with van der Waals surface area (Å²) in [6, 6.07) is 11.4. The molecule has 0 aliphatic carbocycles. The number of nitrogens with zero attached hydrogens (tertiary/aromatic N) is 3. The molecule has 0 saturated heterocycles. The van der Waals surface area contributed by atoms with Gasteiger partial charge in [0, 0.05) is 12.4 Å². The van der Waals surface area contributed by atoms with Crippen molar-refractivity contribution in [1.29, 1.82) is 0 Å². The lowest BCUT2D eigenvalue weighted by molar-refractivity contribution is 0.174. The van der Waals surface area contributed by atoms with Crippen molar-refractivity contribution in [2.75, 3.05) is 13.9 Å². The molecule has 27 heavy (non-hydrogen) atoms. The zero-order valence-electron chi connectivity index (χ0n) is 14.9. The van der Waals surface area contributed by atoms with Crippen LogP contribution in [0.3, 0.4) is 0 Å². The average Bonchev–Trinajstić information content (AvgIpc) is 3.26. The highest BCUT2D eigenvalue weighted by atomic mass is 16.7. The maximum atomic E-state index is 13.1. The molecule has 0 unspecified atom stereocenters. The van der Waals surface area contributed by atoms with E-state index in [1.54, 1.807) is 18.0 Å². The molecule has 2 aromatic heterocycles. The number of ether oxygens (including phenoxy) is 3. The van der Waals surface area contributed by atoms with Crippen LogP contribution in [0.2, 0.25) is 0 Å². The van der Waals surface area contributed by atoms with Crippen LogP contribution in [-0.4, -0.2) is 28.0 Å². The van der Waals surface area contributed by atoms with Gasteiger partial charge in [0.15, 0.2) is 11.5 Å². The molecular formula is C20H17N3O4. The molecule has 7 nitrogen and oxygen atoms in total. The van der Waals surface area contributed by atoms with Crippen LogP contribution in [0.15, 0.2) is 47.5 Å². The van der Waals surface area contributed by atoms with E-state index in [0.29, 0.717) is 23.3 Å². The Morgan fingerprint density at radius 1 is 1.15 bits per heavy atom. The van der Waals surface area contributed by atoms with Crippen molar-refractivity contribution in [2.45, 2.75) is 6.54 Å². The summed E-state index contributed by atoms with van der Waals surface area (Å²) >= 11 is 0. The molecule has 4 aromatic rings. The van der Waals surface area contributed by atoms with Crippen LogP contribution in [0.25, 0.3) is 21.9 Å². The minimum Gasteiger partial charge on any atom is -0.497 e. The van der Waals surface area contributed by atoms with Crippen molar-refractivity contribution in [3.8, 4) is 17.2 Å². The van der Waals surface area contributed by atoms with Crippen molar-refractivity contribution >= 4 is 21.9 Å². The lowest BCUT2D eigenvalue weighted by atomic mass is 10.2. The fourth-order valence-corrected chi connectivity index (χ4v) is 3.57. The molecule has 7 heteroatoms. The van der Waals surface area contributed by atoms with E-state index in [9.17, 15) is 4.79 Å². The predicted octanol–water partition coefficient (Wildman–Crippen LogP) is 2.67. The fraction of sp³-hybridized carbons (Fsp3) is 0.200. The minimum absolute atomic E-state index is 0.0877. The Hall–Kier alpha value is -3.48. The highest BCUT2D eigenvalue weighted by Gasteiger charge is 2.17. The highest BCUT2D eigenvalue weighted by molar-refractivity contribution is 6.05. The molecule has 1 aliphatic rings. The number of hydrogen-bond acceptors (Lipinski definition) is 5. The number of methoxy groups -OCH3 is 1. The first kappa shape index (κ1) is 15.7. The number of aromatic nitrogens is 3. The minimum atomic E-state index is -0.0877. The van der Waals surface area contributed by atoms with Gasteiger partial charge in [-0.15, -0.1) is 0 Å². The summed E-state index contributed by atoms with van der Waals surface area (Å²) in [6.45, 7) is 0.634. The lowest BCUT2D eigenvalue weighted by Gasteiger charge is -2.07. The Morgan fingerprint density at radius 2 is 2.00 bits per heavy atom. The third kappa shape index (κ3) is 2.35. The van der Waals surface area contributed by atoms with E-state index in [1.807, 2.05) is 48.0 Å². The van der Waals surface area contributed by atoms with Gasteiger partial charge in [-0.3, -0.25) is 9.36 Å². The molecule has 0 N–H and O–H groups in total. The fourth-order valence-electron chi connectivity index (χ4n) is 3.57. The first-order chi connectivity index (χ1) is 13.2. The van der Waals surface area contributed by atoms with Gasteiger partial charge >= 0.3 is 0 Å². The van der Waals surface area contributed by atoms with Crippen molar-refractivity contribution in [3.63, 3.8) is 0 Å². The van der Waals surface area contributed by atoms with Gasteiger partial charge < -0.3 is 18.8 Å². The molecule has 0 bridgehead atoms. The number of rotatable bonds is 3. The molecule has 1 aliphatic heterocycles. The summed E-state index contributed by atoms with van der Waals surface area (Å²) < 4.78 is 19.6. The summed E-state index contributed by atoms with van der Waals surface area (Å²) in [4.78, 5) is 17.7. The normalized spacial score (nSPS) is 12.8. The van der Waals surface area contributed by atoms with Gasteiger partial charge in [0.1, 0.15) is 16.8 Å². The molecule has 3 heterocycles. The second-order valence-corrected chi connectivity index (χ2v) is 6.50. The van der Waals surface area contributed by atoms with Crippen molar-refractivity contribution < 1.29 is 14.2 Å². The summed E-state index contributed by atoms with van der Waals surface area (Å²) in [5, 5.41) is 0.902. The topological polar surface area (TPSA) is 67.5 Å². The maximum absolute atomic E-state index is 13.1. The van der Waals surface area contributed by atoms with Crippen molar-refractivity contribution in [1.82, 2.24) is 14.1 Å². The zero-order chi connectivity index (χ0) is 18.5.